The number of amides is 1. The van der Waals surface area contributed by atoms with Crippen molar-refractivity contribution >= 4 is 28.7 Å². The lowest BCUT2D eigenvalue weighted by atomic mass is 10.2. The maximum atomic E-state index is 13.3. The topological polar surface area (TPSA) is 48.5 Å². The second-order valence-electron chi connectivity index (χ2n) is 6.73. The highest BCUT2D eigenvalue weighted by atomic mass is 32.1. The molecule has 0 atom stereocenters. The van der Waals surface area contributed by atoms with Crippen molar-refractivity contribution < 1.29 is 9.18 Å². The molecule has 1 N–H and O–H groups in total. The zero-order valence-corrected chi connectivity index (χ0v) is 16.2. The van der Waals surface area contributed by atoms with Gasteiger partial charge in [-0.05, 0) is 41.3 Å². The molecular weight excluding hydrogens is 375 g/mol. The predicted octanol–water partition coefficient (Wildman–Crippen LogP) is 3.86. The Kier molecular flexibility index (Phi) is 5.64. The normalized spacial score (nSPS) is 14.8. The van der Waals surface area contributed by atoms with Crippen LogP contribution in [0.4, 0.5) is 15.9 Å². The van der Waals surface area contributed by atoms with E-state index in [4.69, 9.17) is 0 Å². The number of aromatic nitrogens is 1. The Morgan fingerprint density at radius 2 is 1.96 bits per heavy atom. The number of hydrogen-bond donors (Lipinski definition) is 1. The molecule has 1 saturated heterocycles. The Bertz CT molecular complexity index is 922. The lowest BCUT2D eigenvalue weighted by molar-refractivity contribution is 0.103. The number of nitrogens with one attached hydrogen (secondary N) is 1. The smallest absolute Gasteiger partial charge is 0.265 e. The summed E-state index contributed by atoms with van der Waals surface area (Å²) in [5.74, 6) is 0.599. The standard InChI is InChI=1S/C21H21FN4OS/c22-17-4-1-3-16(13-17)15-25-8-10-26(11-9-25)20-7-6-18(14-23-20)24-21(27)19-5-2-12-28-19/h1-7,12-14H,8-11,15H2,(H,24,27). The van der Waals surface area contributed by atoms with E-state index < -0.39 is 0 Å². The van der Waals surface area contributed by atoms with Gasteiger partial charge in [-0.2, -0.15) is 0 Å². The van der Waals surface area contributed by atoms with Crippen molar-refractivity contribution in [1.82, 2.24) is 9.88 Å². The molecule has 2 aromatic heterocycles. The monoisotopic (exact) mass is 396 g/mol. The summed E-state index contributed by atoms with van der Waals surface area (Å²) in [5.41, 5.74) is 1.68. The third-order valence-corrected chi connectivity index (χ3v) is 5.61. The third-order valence-electron chi connectivity index (χ3n) is 4.74. The number of anilines is 2. The number of piperazine rings is 1. The number of benzene rings is 1. The van der Waals surface area contributed by atoms with Gasteiger partial charge in [-0.15, -0.1) is 11.3 Å². The molecule has 28 heavy (non-hydrogen) atoms. The van der Waals surface area contributed by atoms with E-state index in [9.17, 15) is 9.18 Å². The first-order valence-electron chi connectivity index (χ1n) is 9.20. The molecular formula is C21H21FN4OS. The zero-order valence-electron chi connectivity index (χ0n) is 15.3. The van der Waals surface area contributed by atoms with Crippen LogP contribution in [0, 0.1) is 5.82 Å². The van der Waals surface area contributed by atoms with Crippen molar-refractivity contribution in [2.75, 3.05) is 36.4 Å². The van der Waals surface area contributed by atoms with Gasteiger partial charge in [0, 0.05) is 32.7 Å². The Balaban J connectivity index is 1.30. The molecule has 0 saturated carbocycles. The molecule has 5 nitrogen and oxygen atoms in total. The molecule has 0 spiro atoms. The molecule has 1 aromatic carbocycles. The number of halogens is 1. The highest BCUT2D eigenvalue weighted by molar-refractivity contribution is 7.12. The van der Waals surface area contributed by atoms with Gasteiger partial charge in [0.1, 0.15) is 11.6 Å². The van der Waals surface area contributed by atoms with Gasteiger partial charge in [0.2, 0.25) is 0 Å². The van der Waals surface area contributed by atoms with Gasteiger partial charge in [0.15, 0.2) is 0 Å². The molecule has 1 fully saturated rings. The van der Waals surface area contributed by atoms with E-state index >= 15 is 0 Å². The highest BCUT2D eigenvalue weighted by Crippen LogP contribution is 2.18. The predicted molar refractivity (Wildman–Crippen MR) is 110 cm³/mol. The molecule has 4 rings (SSSR count). The lowest BCUT2D eigenvalue weighted by Gasteiger charge is -2.35. The number of thiophene rings is 1. The minimum absolute atomic E-state index is 0.115. The van der Waals surface area contributed by atoms with Crippen LogP contribution in [0.3, 0.4) is 0 Å². The Morgan fingerprint density at radius 1 is 1.11 bits per heavy atom. The average Bonchev–Trinajstić information content (AvgIpc) is 3.24. The van der Waals surface area contributed by atoms with E-state index in [0.29, 0.717) is 10.6 Å². The number of pyridine rings is 1. The maximum Gasteiger partial charge on any atom is 0.265 e. The number of nitrogens with zero attached hydrogens (tertiary/aromatic N) is 3. The summed E-state index contributed by atoms with van der Waals surface area (Å²) in [6.07, 6.45) is 1.69. The first-order chi connectivity index (χ1) is 13.7. The number of hydrogen-bond acceptors (Lipinski definition) is 5. The highest BCUT2D eigenvalue weighted by Gasteiger charge is 2.18. The van der Waals surface area contributed by atoms with E-state index in [-0.39, 0.29) is 11.7 Å². The lowest BCUT2D eigenvalue weighted by Crippen LogP contribution is -2.46. The van der Waals surface area contributed by atoms with Gasteiger partial charge in [-0.1, -0.05) is 18.2 Å². The summed E-state index contributed by atoms with van der Waals surface area (Å²) >= 11 is 1.41. The Labute approximate surface area is 167 Å². The number of carbonyl (C=O) groups is 1. The molecule has 0 unspecified atom stereocenters. The quantitative estimate of drug-likeness (QED) is 0.712. The van der Waals surface area contributed by atoms with Gasteiger partial charge in [0.05, 0.1) is 16.8 Å². The molecule has 1 amide bonds. The van der Waals surface area contributed by atoms with Crippen LogP contribution < -0.4 is 10.2 Å². The molecule has 144 valence electrons. The van der Waals surface area contributed by atoms with Crippen molar-refractivity contribution in [3.63, 3.8) is 0 Å². The summed E-state index contributed by atoms with van der Waals surface area (Å²) in [7, 11) is 0. The van der Waals surface area contributed by atoms with Crippen molar-refractivity contribution in [3.05, 3.63) is 76.4 Å². The molecule has 0 aliphatic carbocycles. The largest absolute Gasteiger partial charge is 0.354 e. The summed E-state index contributed by atoms with van der Waals surface area (Å²) in [4.78, 5) is 21.8. The van der Waals surface area contributed by atoms with E-state index in [1.54, 1.807) is 24.4 Å². The van der Waals surface area contributed by atoms with E-state index in [1.807, 2.05) is 29.6 Å². The fourth-order valence-electron chi connectivity index (χ4n) is 3.28. The fourth-order valence-corrected chi connectivity index (χ4v) is 3.90. The SMILES string of the molecule is O=C(Nc1ccc(N2CCN(Cc3cccc(F)c3)CC2)nc1)c1cccs1. The summed E-state index contributed by atoms with van der Waals surface area (Å²) in [5, 5.41) is 4.74. The fraction of sp³-hybridized carbons (Fsp3) is 0.238. The van der Waals surface area contributed by atoms with Gasteiger partial charge < -0.3 is 10.2 Å². The molecule has 0 radical (unpaired) electrons. The van der Waals surface area contributed by atoms with Gasteiger partial charge in [-0.3, -0.25) is 9.69 Å². The Morgan fingerprint density at radius 3 is 2.64 bits per heavy atom. The molecule has 3 heterocycles. The van der Waals surface area contributed by atoms with Crippen LogP contribution in [0.25, 0.3) is 0 Å². The summed E-state index contributed by atoms with van der Waals surface area (Å²) in [6.45, 7) is 4.28. The molecule has 1 aliphatic heterocycles. The van der Waals surface area contributed by atoms with E-state index in [0.717, 1.165) is 44.1 Å². The minimum Gasteiger partial charge on any atom is -0.354 e. The first kappa shape index (κ1) is 18.6. The molecule has 7 heteroatoms. The van der Waals surface area contributed by atoms with Crippen molar-refractivity contribution in [1.29, 1.82) is 0 Å². The number of rotatable bonds is 5. The van der Waals surface area contributed by atoms with Crippen LogP contribution in [0.15, 0.2) is 60.1 Å². The molecule has 1 aliphatic rings. The van der Waals surface area contributed by atoms with Crippen LogP contribution >= 0.6 is 11.3 Å². The summed E-state index contributed by atoms with van der Waals surface area (Å²) in [6, 6.07) is 14.2. The molecule has 0 bridgehead atoms. The second kappa shape index (κ2) is 8.50. The van der Waals surface area contributed by atoms with E-state index in [1.165, 1.54) is 17.4 Å². The zero-order chi connectivity index (χ0) is 19.3. The van der Waals surface area contributed by atoms with Gasteiger partial charge in [-0.25, -0.2) is 9.37 Å². The maximum absolute atomic E-state index is 13.3. The van der Waals surface area contributed by atoms with Crippen LogP contribution in [0.5, 0.6) is 0 Å². The first-order valence-corrected chi connectivity index (χ1v) is 10.1. The minimum atomic E-state index is -0.188. The van der Waals surface area contributed by atoms with Crippen molar-refractivity contribution in [2.24, 2.45) is 0 Å². The van der Waals surface area contributed by atoms with E-state index in [2.05, 4.69) is 20.1 Å². The van der Waals surface area contributed by atoms with Crippen LogP contribution in [0.2, 0.25) is 0 Å². The summed E-state index contributed by atoms with van der Waals surface area (Å²) < 4.78 is 13.3. The Hall–Kier alpha value is -2.77. The van der Waals surface area contributed by atoms with Crippen LogP contribution in [-0.2, 0) is 6.54 Å². The van der Waals surface area contributed by atoms with Crippen LogP contribution in [0.1, 0.15) is 15.2 Å². The number of carbonyl (C=O) groups excluding carboxylic acids is 1. The van der Waals surface area contributed by atoms with Crippen molar-refractivity contribution in [2.45, 2.75) is 6.54 Å². The third kappa shape index (κ3) is 4.55. The molecule has 3 aromatic rings. The average molecular weight is 396 g/mol. The van der Waals surface area contributed by atoms with Crippen molar-refractivity contribution in [3.8, 4) is 0 Å². The van der Waals surface area contributed by atoms with Crippen LogP contribution in [-0.4, -0.2) is 42.0 Å². The second-order valence-corrected chi connectivity index (χ2v) is 7.68. The van der Waals surface area contributed by atoms with Gasteiger partial charge >= 0.3 is 0 Å². The van der Waals surface area contributed by atoms with Gasteiger partial charge in [0.25, 0.3) is 5.91 Å².